The quantitative estimate of drug-likeness (QED) is 0.898. The molecule has 0 bridgehead atoms. The number of aryl methyl sites for hydroxylation is 1. The lowest BCUT2D eigenvalue weighted by molar-refractivity contribution is 0.578. The second-order valence-electron chi connectivity index (χ2n) is 5.63. The third-order valence-corrected chi connectivity index (χ3v) is 3.98. The fourth-order valence-corrected chi connectivity index (χ4v) is 2.77. The summed E-state index contributed by atoms with van der Waals surface area (Å²) in [6, 6.07) is 2.07. The lowest BCUT2D eigenvalue weighted by Crippen LogP contribution is -2.30. The molecule has 1 aliphatic rings. The zero-order chi connectivity index (χ0) is 14.3. The highest BCUT2D eigenvalue weighted by Crippen LogP contribution is 2.29. The van der Waals surface area contributed by atoms with Gasteiger partial charge in [-0.05, 0) is 19.3 Å². The van der Waals surface area contributed by atoms with Gasteiger partial charge in [-0.2, -0.15) is 0 Å². The number of hydrogen-bond donors (Lipinski definition) is 1. The molecule has 0 unspecified atom stereocenters. The first-order valence-corrected chi connectivity index (χ1v) is 7.10. The standard InChI is InChI=1S/C14H21N5O/c1-17(2)11-9-10(19-7-5-4-6-8-19)12-13(15-11)18(3)14(20)16-12/h9H,4-8H2,1-3H3,(H,16,20). The fourth-order valence-electron chi connectivity index (χ4n) is 2.77. The second-order valence-corrected chi connectivity index (χ2v) is 5.63. The van der Waals surface area contributed by atoms with Gasteiger partial charge in [0.2, 0.25) is 0 Å². The van der Waals surface area contributed by atoms with E-state index >= 15 is 0 Å². The Morgan fingerprint density at radius 2 is 1.95 bits per heavy atom. The van der Waals surface area contributed by atoms with Crippen LogP contribution in [0.15, 0.2) is 10.9 Å². The molecule has 108 valence electrons. The maximum Gasteiger partial charge on any atom is 0.327 e. The molecule has 0 amide bonds. The monoisotopic (exact) mass is 275 g/mol. The van der Waals surface area contributed by atoms with Crippen molar-refractivity contribution in [2.24, 2.45) is 7.05 Å². The van der Waals surface area contributed by atoms with Crippen LogP contribution in [0.1, 0.15) is 19.3 Å². The molecule has 0 radical (unpaired) electrons. The zero-order valence-corrected chi connectivity index (χ0v) is 12.3. The summed E-state index contributed by atoms with van der Waals surface area (Å²) < 4.78 is 1.58. The van der Waals surface area contributed by atoms with Crippen LogP contribution < -0.4 is 15.5 Å². The van der Waals surface area contributed by atoms with Crippen LogP contribution in [0.2, 0.25) is 0 Å². The number of pyridine rings is 1. The van der Waals surface area contributed by atoms with E-state index in [-0.39, 0.29) is 5.69 Å². The van der Waals surface area contributed by atoms with Crippen LogP contribution in [0.4, 0.5) is 11.5 Å². The molecule has 0 spiro atoms. The molecule has 0 atom stereocenters. The van der Waals surface area contributed by atoms with E-state index in [0.717, 1.165) is 35.8 Å². The Balaban J connectivity index is 2.22. The Morgan fingerprint density at radius 3 is 2.60 bits per heavy atom. The van der Waals surface area contributed by atoms with Gasteiger partial charge in [0.25, 0.3) is 0 Å². The number of nitrogens with one attached hydrogen (secondary N) is 1. The normalized spacial score (nSPS) is 15.8. The molecule has 20 heavy (non-hydrogen) atoms. The molecule has 1 N–H and O–H groups in total. The summed E-state index contributed by atoms with van der Waals surface area (Å²) in [4.78, 5) is 23.7. The van der Waals surface area contributed by atoms with Gasteiger partial charge in [0.15, 0.2) is 5.65 Å². The summed E-state index contributed by atoms with van der Waals surface area (Å²) in [5.41, 5.74) is 2.56. The van der Waals surface area contributed by atoms with Crippen LogP contribution in [0.25, 0.3) is 11.2 Å². The molecular formula is C14H21N5O. The zero-order valence-electron chi connectivity index (χ0n) is 12.3. The first-order valence-electron chi connectivity index (χ1n) is 7.10. The Hall–Kier alpha value is -1.98. The lowest BCUT2D eigenvalue weighted by atomic mass is 10.1. The van der Waals surface area contributed by atoms with Crippen LogP contribution >= 0.6 is 0 Å². The molecule has 6 heteroatoms. The Morgan fingerprint density at radius 1 is 1.25 bits per heavy atom. The molecule has 1 aliphatic heterocycles. The third kappa shape index (κ3) is 2.05. The molecule has 3 heterocycles. The Labute approximate surface area is 118 Å². The van der Waals surface area contributed by atoms with E-state index in [1.807, 2.05) is 19.0 Å². The minimum absolute atomic E-state index is 0.110. The first-order chi connectivity index (χ1) is 9.58. The minimum Gasteiger partial charge on any atom is -0.370 e. The number of nitrogens with zero attached hydrogens (tertiary/aromatic N) is 4. The van der Waals surface area contributed by atoms with Crippen molar-refractivity contribution >= 4 is 22.7 Å². The van der Waals surface area contributed by atoms with Crippen molar-refractivity contribution in [1.82, 2.24) is 14.5 Å². The predicted octanol–water partition coefficient (Wildman–Crippen LogP) is 1.32. The van der Waals surface area contributed by atoms with E-state index in [1.54, 1.807) is 11.6 Å². The highest BCUT2D eigenvalue weighted by molar-refractivity contribution is 5.88. The van der Waals surface area contributed by atoms with Crippen LogP contribution in [-0.4, -0.2) is 41.7 Å². The van der Waals surface area contributed by atoms with Crippen LogP contribution in [0, 0.1) is 0 Å². The largest absolute Gasteiger partial charge is 0.370 e. The molecule has 3 rings (SSSR count). The van der Waals surface area contributed by atoms with E-state index in [2.05, 4.69) is 20.9 Å². The SMILES string of the molecule is CN(C)c1cc(N2CCCCC2)c2[nH]c(=O)n(C)c2n1. The van der Waals surface area contributed by atoms with Crippen molar-refractivity contribution in [2.75, 3.05) is 37.0 Å². The summed E-state index contributed by atoms with van der Waals surface area (Å²) in [5.74, 6) is 0.882. The smallest absolute Gasteiger partial charge is 0.327 e. The number of imidazole rings is 1. The van der Waals surface area contributed by atoms with Crippen LogP contribution in [0.3, 0.4) is 0 Å². The van der Waals surface area contributed by atoms with Gasteiger partial charge in [-0.1, -0.05) is 0 Å². The maximum absolute atomic E-state index is 11.9. The first kappa shape index (κ1) is 13.0. The average molecular weight is 275 g/mol. The number of hydrogen-bond acceptors (Lipinski definition) is 4. The Kier molecular flexibility index (Phi) is 3.16. The van der Waals surface area contributed by atoms with Crippen LogP contribution in [0.5, 0.6) is 0 Å². The van der Waals surface area contributed by atoms with Gasteiger partial charge < -0.3 is 14.8 Å². The van der Waals surface area contributed by atoms with E-state index in [0.29, 0.717) is 0 Å². The highest BCUT2D eigenvalue weighted by atomic mass is 16.1. The molecule has 1 fully saturated rings. The number of anilines is 2. The van der Waals surface area contributed by atoms with Crippen molar-refractivity contribution < 1.29 is 0 Å². The van der Waals surface area contributed by atoms with Crippen LogP contribution in [-0.2, 0) is 7.05 Å². The van der Waals surface area contributed by atoms with Gasteiger partial charge >= 0.3 is 5.69 Å². The van der Waals surface area contributed by atoms with Crippen molar-refractivity contribution in [3.05, 3.63) is 16.6 Å². The molecule has 1 saturated heterocycles. The number of piperidine rings is 1. The summed E-state index contributed by atoms with van der Waals surface area (Å²) in [6.07, 6.45) is 3.70. The van der Waals surface area contributed by atoms with Crippen molar-refractivity contribution in [3.8, 4) is 0 Å². The molecule has 2 aromatic heterocycles. The van der Waals surface area contributed by atoms with Gasteiger partial charge in [-0.25, -0.2) is 9.78 Å². The third-order valence-electron chi connectivity index (χ3n) is 3.98. The van der Waals surface area contributed by atoms with Gasteiger partial charge in [0, 0.05) is 40.3 Å². The molecule has 6 nitrogen and oxygen atoms in total. The van der Waals surface area contributed by atoms with E-state index in [4.69, 9.17) is 0 Å². The lowest BCUT2D eigenvalue weighted by Gasteiger charge is -2.29. The number of fused-ring (bicyclic) bond motifs is 1. The number of H-pyrrole nitrogens is 1. The number of aromatic nitrogens is 3. The summed E-state index contributed by atoms with van der Waals surface area (Å²) >= 11 is 0. The molecule has 2 aromatic rings. The van der Waals surface area contributed by atoms with Crippen molar-refractivity contribution in [3.63, 3.8) is 0 Å². The van der Waals surface area contributed by atoms with Crippen molar-refractivity contribution in [2.45, 2.75) is 19.3 Å². The Bertz CT molecular complexity index is 679. The summed E-state index contributed by atoms with van der Waals surface area (Å²) in [6.45, 7) is 2.09. The highest BCUT2D eigenvalue weighted by Gasteiger charge is 2.19. The summed E-state index contributed by atoms with van der Waals surface area (Å²) in [5, 5.41) is 0. The van der Waals surface area contributed by atoms with E-state index in [1.165, 1.54) is 19.3 Å². The number of rotatable bonds is 2. The van der Waals surface area contributed by atoms with Crippen molar-refractivity contribution in [1.29, 1.82) is 0 Å². The van der Waals surface area contributed by atoms with E-state index in [9.17, 15) is 4.79 Å². The van der Waals surface area contributed by atoms with E-state index < -0.39 is 0 Å². The average Bonchev–Trinajstić information content (AvgIpc) is 2.74. The molecule has 0 saturated carbocycles. The topological polar surface area (TPSA) is 57.2 Å². The minimum atomic E-state index is -0.110. The van der Waals surface area contributed by atoms with Gasteiger partial charge in [0.05, 0.1) is 5.69 Å². The number of aromatic amines is 1. The van der Waals surface area contributed by atoms with Gasteiger partial charge in [-0.15, -0.1) is 0 Å². The molecule has 0 aliphatic carbocycles. The molecule has 0 aromatic carbocycles. The summed E-state index contributed by atoms with van der Waals surface area (Å²) in [7, 11) is 5.70. The molecular weight excluding hydrogens is 254 g/mol. The maximum atomic E-state index is 11.9. The second kappa shape index (κ2) is 4.85. The van der Waals surface area contributed by atoms with Gasteiger partial charge in [-0.3, -0.25) is 4.57 Å². The fraction of sp³-hybridized carbons (Fsp3) is 0.571. The predicted molar refractivity (Wildman–Crippen MR) is 81.7 cm³/mol. The van der Waals surface area contributed by atoms with Gasteiger partial charge in [0.1, 0.15) is 11.3 Å².